The molecule has 38 heavy (non-hydrogen) atoms. The van der Waals surface area contributed by atoms with Gasteiger partial charge < -0.3 is 22.1 Å². The molecule has 208 valence electrons. The minimum absolute atomic E-state index is 0.396. The number of urea groups is 1. The number of fused-ring (bicyclic) bond motifs is 1. The lowest BCUT2D eigenvalue weighted by Crippen LogP contribution is -2.18. The molecule has 0 bridgehead atoms. The first-order valence-corrected chi connectivity index (χ1v) is 13.5. The number of hydrogen-bond acceptors (Lipinski definition) is 6. The van der Waals surface area contributed by atoms with Gasteiger partial charge in [-0.3, -0.25) is 15.4 Å². The highest BCUT2D eigenvalue weighted by atomic mass is 16.2. The number of amides is 2. The standard InChI is InChI=1S/C14H16N4.C9H14.C6H13N.CH4N2O/c1-8-4-9(2-3-17-8)14(16)11-7-18-13-6-10(13)5-12(11)15;1-9(2)7-5-3-4-6-8-9;1-6-3-4-7(2)5-6;2-1(3)4/h2-4,7,10,13,16H,5-6,15H2,1H3;3,5-6,8H,4,7H2,1-2H3;6H,3-5H2,1-2H3;(H4,2,3,4)/t10-,13?;;;/m0.../s1. The first kappa shape index (κ1) is 31.0. The third kappa shape index (κ3) is 11.4. The van der Waals surface area contributed by atoms with E-state index in [-0.39, 0.29) is 0 Å². The van der Waals surface area contributed by atoms with Crippen molar-refractivity contribution in [1.82, 2.24) is 9.88 Å². The number of nitrogens with one attached hydrogen (secondary N) is 1. The van der Waals surface area contributed by atoms with E-state index in [1.807, 2.05) is 19.1 Å². The van der Waals surface area contributed by atoms with Gasteiger partial charge in [0, 0.05) is 41.5 Å². The normalized spacial score (nSPS) is 24.7. The molecule has 8 nitrogen and oxygen atoms in total. The number of aliphatic imine (C=N–C) groups is 1. The summed E-state index contributed by atoms with van der Waals surface area (Å²) in [4.78, 5) is 20.0. The van der Waals surface area contributed by atoms with Gasteiger partial charge in [-0.15, -0.1) is 0 Å². The van der Waals surface area contributed by atoms with E-state index in [9.17, 15) is 0 Å². The molecular weight excluding hydrogens is 474 g/mol. The van der Waals surface area contributed by atoms with Crippen LogP contribution in [0, 0.1) is 29.6 Å². The Labute approximate surface area is 228 Å². The summed E-state index contributed by atoms with van der Waals surface area (Å²) in [6, 6.07) is 3.35. The van der Waals surface area contributed by atoms with Gasteiger partial charge in [-0.05, 0) is 82.0 Å². The van der Waals surface area contributed by atoms with Gasteiger partial charge in [0.05, 0.1) is 11.8 Å². The SMILES string of the molecule is CC1(C)C=CCC=CC1.CC1CCN(C)C1.Cc1cc(C(=N)C2=C(N)C[C@H]3CC3N=C2)ccn1.NC(N)=O. The molecule has 2 aliphatic carbocycles. The summed E-state index contributed by atoms with van der Waals surface area (Å²) in [6.07, 6.45) is 18.2. The molecule has 3 atom stereocenters. The van der Waals surface area contributed by atoms with Crippen LogP contribution in [0.5, 0.6) is 0 Å². The highest BCUT2D eigenvalue weighted by Gasteiger charge is 2.38. The van der Waals surface area contributed by atoms with Crippen molar-refractivity contribution in [3.8, 4) is 0 Å². The van der Waals surface area contributed by atoms with Crippen molar-refractivity contribution in [1.29, 1.82) is 5.41 Å². The predicted molar refractivity (Wildman–Crippen MR) is 158 cm³/mol. The fourth-order valence-corrected chi connectivity index (χ4v) is 4.53. The van der Waals surface area contributed by atoms with Gasteiger partial charge in [0.1, 0.15) is 0 Å². The minimum Gasteiger partial charge on any atom is -0.401 e. The first-order valence-electron chi connectivity index (χ1n) is 13.5. The number of aryl methyl sites for hydroxylation is 1. The smallest absolute Gasteiger partial charge is 0.309 e. The van der Waals surface area contributed by atoms with Crippen LogP contribution in [0.1, 0.15) is 64.1 Å². The second-order valence-corrected chi connectivity index (χ2v) is 11.4. The molecule has 2 unspecified atom stereocenters. The van der Waals surface area contributed by atoms with Crippen molar-refractivity contribution in [3.05, 3.63) is 65.2 Å². The van der Waals surface area contributed by atoms with Crippen LogP contribution < -0.4 is 17.2 Å². The molecule has 1 saturated carbocycles. The number of likely N-dealkylation sites (tertiary alicyclic amines) is 1. The van der Waals surface area contributed by atoms with Gasteiger partial charge in [0.2, 0.25) is 0 Å². The van der Waals surface area contributed by atoms with E-state index in [1.54, 1.807) is 12.4 Å². The van der Waals surface area contributed by atoms with Crippen LogP contribution in [0.4, 0.5) is 4.79 Å². The van der Waals surface area contributed by atoms with E-state index in [0.717, 1.165) is 47.7 Å². The number of carbonyl (C=O) groups is 1. The highest BCUT2D eigenvalue weighted by molar-refractivity contribution is 6.23. The Morgan fingerprint density at radius 2 is 1.92 bits per heavy atom. The van der Waals surface area contributed by atoms with Crippen LogP contribution >= 0.6 is 0 Å². The summed E-state index contributed by atoms with van der Waals surface area (Å²) in [5.74, 6) is 1.55. The molecular formula is C30H47N7O. The summed E-state index contributed by atoms with van der Waals surface area (Å²) in [6.45, 7) is 11.4. The van der Waals surface area contributed by atoms with Gasteiger partial charge in [0.25, 0.3) is 0 Å². The Morgan fingerprint density at radius 1 is 1.21 bits per heavy atom. The van der Waals surface area contributed by atoms with E-state index in [4.69, 9.17) is 15.9 Å². The predicted octanol–water partition coefficient (Wildman–Crippen LogP) is 4.73. The molecule has 2 fully saturated rings. The average Bonchev–Trinajstić information content (AvgIpc) is 3.53. The summed E-state index contributed by atoms with van der Waals surface area (Å²) in [7, 11) is 2.18. The Hall–Kier alpha value is -3.26. The number of carbonyl (C=O) groups excluding carboxylic acids is 1. The molecule has 5 rings (SSSR count). The van der Waals surface area contributed by atoms with Crippen molar-refractivity contribution < 1.29 is 4.79 Å². The van der Waals surface area contributed by atoms with E-state index in [2.05, 4.69) is 78.5 Å². The molecule has 8 heteroatoms. The maximum atomic E-state index is 9.00. The van der Waals surface area contributed by atoms with E-state index < -0.39 is 6.03 Å². The van der Waals surface area contributed by atoms with Crippen LogP contribution in [-0.2, 0) is 0 Å². The summed E-state index contributed by atoms with van der Waals surface area (Å²) < 4.78 is 0. The summed E-state index contributed by atoms with van der Waals surface area (Å²) in [5.41, 5.74) is 18.8. The molecule has 1 aromatic rings. The number of primary amides is 2. The topological polar surface area (TPSA) is 147 Å². The molecule has 3 heterocycles. The Bertz CT molecular complexity index is 1060. The maximum Gasteiger partial charge on any atom is 0.309 e. The zero-order valence-corrected chi connectivity index (χ0v) is 23.8. The lowest BCUT2D eigenvalue weighted by molar-refractivity contribution is 0.256. The van der Waals surface area contributed by atoms with E-state index in [0.29, 0.717) is 23.1 Å². The largest absolute Gasteiger partial charge is 0.401 e. The van der Waals surface area contributed by atoms with Crippen molar-refractivity contribution in [2.24, 2.45) is 39.4 Å². The molecule has 0 aromatic carbocycles. The fraction of sp³-hybridized carbons (Fsp3) is 0.533. The van der Waals surface area contributed by atoms with E-state index in [1.165, 1.54) is 25.9 Å². The van der Waals surface area contributed by atoms with Gasteiger partial charge in [-0.25, -0.2) is 4.79 Å². The zero-order chi connectivity index (χ0) is 28.3. The second kappa shape index (κ2) is 14.6. The van der Waals surface area contributed by atoms with E-state index >= 15 is 0 Å². The average molecular weight is 522 g/mol. The molecule has 0 radical (unpaired) electrons. The molecule has 2 amide bonds. The van der Waals surface area contributed by atoms with Crippen LogP contribution in [-0.4, -0.2) is 54.0 Å². The maximum absolute atomic E-state index is 9.00. The van der Waals surface area contributed by atoms with Gasteiger partial charge in [-0.2, -0.15) is 0 Å². The second-order valence-electron chi connectivity index (χ2n) is 11.4. The number of nitrogens with two attached hydrogens (primary N) is 3. The number of allylic oxidation sites excluding steroid dienone is 6. The number of pyridine rings is 1. The van der Waals surface area contributed by atoms with Crippen LogP contribution in [0.15, 0.2) is 58.9 Å². The van der Waals surface area contributed by atoms with Crippen LogP contribution in [0.3, 0.4) is 0 Å². The number of hydrogen-bond donors (Lipinski definition) is 4. The quantitative estimate of drug-likeness (QED) is 0.329. The summed E-state index contributed by atoms with van der Waals surface area (Å²) >= 11 is 0. The number of nitrogens with zero attached hydrogens (tertiary/aromatic N) is 3. The van der Waals surface area contributed by atoms with Crippen molar-refractivity contribution >= 4 is 18.0 Å². The lowest BCUT2D eigenvalue weighted by atomic mass is 9.90. The highest BCUT2D eigenvalue weighted by Crippen LogP contribution is 2.40. The fourth-order valence-electron chi connectivity index (χ4n) is 4.53. The van der Waals surface area contributed by atoms with Gasteiger partial charge in [-0.1, -0.05) is 45.1 Å². The molecule has 0 spiro atoms. The first-order chi connectivity index (χ1) is 17.9. The summed E-state index contributed by atoms with van der Waals surface area (Å²) in [5, 5.41) is 8.27. The third-order valence-corrected chi connectivity index (χ3v) is 6.84. The molecule has 1 saturated heterocycles. The minimum atomic E-state index is -0.833. The van der Waals surface area contributed by atoms with Gasteiger partial charge in [0.15, 0.2) is 0 Å². The Morgan fingerprint density at radius 3 is 2.50 bits per heavy atom. The number of rotatable bonds is 2. The Balaban J connectivity index is 0.000000211. The number of aromatic nitrogens is 1. The molecule has 4 aliphatic rings. The molecule has 2 aliphatic heterocycles. The lowest BCUT2D eigenvalue weighted by Gasteiger charge is -2.15. The van der Waals surface area contributed by atoms with Crippen LogP contribution in [0.2, 0.25) is 0 Å². The van der Waals surface area contributed by atoms with Crippen LogP contribution in [0.25, 0.3) is 0 Å². The third-order valence-electron chi connectivity index (χ3n) is 6.84. The monoisotopic (exact) mass is 521 g/mol. The van der Waals surface area contributed by atoms with Crippen molar-refractivity contribution in [2.45, 2.75) is 65.8 Å². The Kier molecular flexibility index (Phi) is 11.9. The van der Waals surface area contributed by atoms with Gasteiger partial charge >= 0.3 is 6.03 Å². The molecule has 7 N–H and O–H groups in total. The van der Waals surface area contributed by atoms with Crippen molar-refractivity contribution in [2.75, 3.05) is 20.1 Å². The zero-order valence-electron chi connectivity index (χ0n) is 23.8. The van der Waals surface area contributed by atoms with Crippen molar-refractivity contribution in [3.63, 3.8) is 0 Å². The molecule has 1 aromatic heterocycles.